The fraction of sp³-hybridized carbons (Fsp3) is 0.615. The van der Waals surface area contributed by atoms with Crippen LogP contribution in [0.2, 0.25) is 0 Å². The minimum Gasteiger partial charge on any atom is -0.471 e. The number of hydrogen-bond donors (Lipinski definition) is 1. The normalized spacial score (nSPS) is 25.7. The van der Waals surface area contributed by atoms with Gasteiger partial charge in [-0.2, -0.15) is 0 Å². The Morgan fingerprint density at radius 3 is 2.89 bits per heavy atom. The lowest BCUT2D eigenvalue weighted by atomic mass is 9.89. The van der Waals surface area contributed by atoms with Crippen LogP contribution in [0.5, 0.6) is 5.88 Å². The van der Waals surface area contributed by atoms with Crippen LogP contribution in [0, 0.1) is 0 Å². The van der Waals surface area contributed by atoms with Crippen LogP contribution in [0.4, 0.5) is 0 Å². The molecule has 2 aliphatic rings. The van der Waals surface area contributed by atoms with Crippen molar-refractivity contribution >= 4 is 31.9 Å². The van der Waals surface area contributed by atoms with Crippen LogP contribution in [0.1, 0.15) is 19.3 Å². The Kier molecular flexibility index (Phi) is 4.12. The van der Waals surface area contributed by atoms with E-state index < -0.39 is 0 Å². The third-order valence-corrected chi connectivity index (χ3v) is 4.74. The van der Waals surface area contributed by atoms with Gasteiger partial charge in [-0.15, -0.1) is 0 Å². The monoisotopic (exact) mass is 390 g/mol. The first kappa shape index (κ1) is 13.8. The lowest BCUT2D eigenvalue weighted by molar-refractivity contribution is -0.0206. The van der Waals surface area contributed by atoms with Gasteiger partial charge in [0.25, 0.3) is 0 Å². The maximum absolute atomic E-state index is 6.01. The average molecular weight is 392 g/mol. The van der Waals surface area contributed by atoms with E-state index in [0.29, 0.717) is 12.5 Å². The van der Waals surface area contributed by atoms with Crippen LogP contribution >= 0.6 is 31.9 Å². The zero-order valence-electron chi connectivity index (χ0n) is 10.5. The number of piperidine rings is 1. The third-order valence-electron chi connectivity index (χ3n) is 3.74. The number of ether oxygens (including phenoxy) is 2. The average Bonchev–Trinajstić information content (AvgIpc) is 2.77. The van der Waals surface area contributed by atoms with Crippen molar-refractivity contribution in [2.24, 2.45) is 0 Å². The van der Waals surface area contributed by atoms with Crippen molar-refractivity contribution in [3.8, 4) is 5.88 Å². The maximum Gasteiger partial charge on any atom is 0.228 e. The molecular formula is C13H16Br2N2O2. The lowest BCUT2D eigenvalue weighted by Crippen LogP contribution is -2.41. The Bertz CT molecular complexity index is 464. The molecular weight excluding hydrogens is 376 g/mol. The maximum atomic E-state index is 6.01. The SMILES string of the molecule is Brc1cnc(OC2COC3(CCNCC3)C2)c(Br)c1. The number of pyridine rings is 1. The van der Waals surface area contributed by atoms with Gasteiger partial charge < -0.3 is 14.8 Å². The molecule has 104 valence electrons. The molecule has 2 saturated heterocycles. The number of aromatic nitrogens is 1. The Morgan fingerprint density at radius 1 is 1.37 bits per heavy atom. The summed E-state index contributed by atoms with van der Waals surface area (Å²) < 4.78 is 13.8. The number of halogens is 2. The Labute approximate surface area is 129 Å². The molecule has 0 aliphatic carbocycles. The van der Waals surface area contributed by atoms with Gasteiger partial charge in [-0.3, -0.25) is 0 Å². The highest BCUT2D eigenvalue weighted by Crippen LogP contribution is 2.36. The zero-order chi connectivity index (χ0) is 13.3. The molecule has 0 aromatic carbocycles. The quantitative estimate of drug-likeness (QED) is 0.841. The van der Waals surface area contributed by atoms with Crippen molar-refractivity contribution in [1.29, 1.82) is 0 Å². The van der Waals surface area contributed by atoms with Crippen LogP contribution < -0.4 is 10.1 Å². The number of hydrogen-bond acceptors (Lipinski definition) is 4. The van der Waals surface area contributed by atoms with E-state index in [4.69, 9.17) is 9.47 Å². The van der Waals surface area contributed by atoms with Gasteiger partial charge in [0.15, 0.2) is 0 Å². The molecule has 6 heteroatoms. The van der Waals surface area contributed by atoms with Crippen molar-refractivity contribution in [2.45, 2.75) is 31.0 Å². The van der Waals surface area contributed by atoms with Gasteiger partial charge in [-0.25, -0.2) is 4.98 Å². The van der Waals surface area contributed by atoms with E-state index in [1.54, 1.807) is 6.20 Å². The summed E-state index contributed by atoms with van der Waals surface area (Å²) in [7, 11) is 0. The van der Waals surface area contributed by atoms with Crippen molar-refractivity contribution in [1.82, 2.24) is 10.3 Å². The topological polar surface area (TPSA) is 43.4 Å². The second kappa shape index (κ2) is 5.68. The molecule has 0 saturated carbocycles. The molecule has 0 bridgehead atoms. The van der Waals surface area contributed by atoms with E-state index in [1.807, 2.05) is 6.07 Å². The summed E-state index contributed by atoms with van der Waals surface area (Å²) in [5.74, 6) is 0.641. The van der Waals surface area contributed by atoms with Crippen molar-refractivity contribution < 1.29 is 9.47 Å². The van der Waals surface area contributed by atoms with E-state index in [-0.39, 0.29) is 11.7 Å². The molecule has 1 N–H and O–H groups in total. The summed E-state index contributed by atoms with van der Waals surface area (Å²) in [5.41, 5.74) is 0.0256. The fourth-order valence-electron chi connectivity index (χ4n) is 2.76. The van der Waals surface area contributed by atoms with Crippen LogP contribution in [0.3, 0.4) is 0 Å². The molecule has 19 heavy (non-hydrogen) atoms. The fourth-order valence-corrected chi connectivity index (χ4v) is 3.84. The minimum absolute atomic E-state index is 0.0256. The van der Waals surface area contributed by atoms with E-state index >= 15 is 0 Å². The summed E-state index contributed by atoms with van der Waals surface area (Å²) >= 11 is 6.86. The molecule has 1 unspecified atom stereocenters. The van der Waals surface area contributed by atoms with Crippen molar-refractivity contribution in [3.63, 3.8) is 0 Å². The first-order valence-electron chi connectivity index (χ1n) is 6.49. The molecule has 1 aromatic heterocycles. The molecule has 0 radical (unpaired) electrons. The molecule has 3 heterocycles. The van der Waals surface area contributed by atoms with Crippen LogP contribution in [0.25, 0.3) is 0 Å². The van der Waals surface area contributed by atoms with Gasteiger partial charge in [0.1, 0.15) is 6.10 Å². The Morgan fingerprint density at radius 2 is 2.16 bits per heavy atom. The zero-order valence-corrected chi connectivity index (χ0v) is 13.7. The Balaban J connectivity index is 1.65. The van der Waals surface area contributed by atoms with E-state index in [1.165, 1.54) is 0 Å². The predicted molar refractivity (Wildman–Crippen MR) is 79.5 cm³/mol. The summed E-state index contributed by atoms with van der Waals surface area (Å²) in [6.07, 6.45) is 4.95. The highest BCUT2D eigenvalue weighted by atomic mass is 79.9. The van der Waals surface area contributed by atoms with E-state index in [0.717, 1.165) is 41.3 Å². The second-order valence-electron chi connectivity index (χ2n) is 5.13. The molecule has 1 aromatic rings. The molecule has 1 atom stereocenters. The molecule has 0 amide bonds. The number of rotatable bonds is 2. The third kappa shape index (κ3) is 3.12. The smallest absolute Gasteiger partial charge is 0.228 e. The summed E-state index contributed by atoms with van der Waals surface area (Å²) in [5, 5.41) is 3.37. The minimum atomic E-state index is 0.0256. The molecule has 2 aliphatic heterocycles. The molecule has 4 nitrogen and oxygen atoms in total. The van der Waals surface area contributed by atoms with Crippen LogP contribution in [0.15, 0.2) is 21.2 Å². The van der Waals surface area contributed by atoms with Gasteiger partial charge in [0.2, 0.25) is 5.88 Å². The first-order chi connectivity index (χ1) is 9.17. The van der Waals surface area contributed by atoms with Crippen LogP contribution in [-0.2, 0) is 4.74 Å². The summed E-state index contributed by atoms with van der Waals surface area (Å²) in [6, 6.07) is 1.94. The Hall–Kier alpha value is -0.170. The molecule has 2 fully saturated rings. The first-order valence-corrected chi connectivity index (χ1v) is 8.08. The van der Waals surface area contributed by atoms with E-state index in [2.05, 4.69) is 42.2 Å². The summed E-state index contributed by atoms with van der Waals surface area (Å²) in [4.78, 5) is 4.29. The van der Waals surface area contributed by atoms with Gasteiger partial charge in [0, 0.05) is 17.1 Å². The second-order valence-corrected chi connectivity index (χ2v) is 6.90. The molecule has 1 spiro atoms. The van der Waals surface area contributed by atoms with Crippen molar-refractivity contribution in [2.75, 3.05) is 19.7 Å². The summed E-state index contributed by atoms with van der Waals surface area (Å²) in [6.45, 7) is 2.73. The van der Waals surface area contributed by atoms with Crippen molar-refractivity contribution in [3.05, 3.63) is 21.2 Å². The van der Waals surface area contributed by atoms with Gasteiger partial charge in [-0.05, 0) is 63.9 Å². The predicted octanol–water partition coefficient (Wildman–Crippen LogP) is 2.90. The van der Waals surface area contributed by atoms with E-state index in [9.17, 15) is 0 Å². The molecule has 3 rings (SSSR count). The van der Waals surface area contributed by atoms with Crippen LogP contribution in [-0.4, -0.2) is 36.4 Å². The lowest BCUT2D eigenvalue weighted by Gasteiger charge is -2.32. The standard InChI is InChI=1S/C13H16Br2N2O2/c14-9-5-11(15)12(17-7-9)19-10-6-13(18-8-10)1-3-16-4-2-13/h5,7,10,16H,1-4,6,8H2. The van der Waals surface area contributed by atoms with Gasteiger partial charge >= 0.3 is 0 Å². The van der Waals surface area contributed by atoms with Gasteiger partial charge in [-0.1, -0.05) is 0 Å². The highest BCUT2D eigenvalue weighted by Gasteiger charge is 2.42. The number of nitrogens with zero attached hydrogens (tertiary/aromatic N) is 1. The number of nitrogens with one attached hydrogen (secondary N) is 1. The van der Waals surface area contributed by atoms with Gasteiger partial charge in [0.05, 0.1) is 16.7 Å². The highest BCUT2D eigenvalue weighted by molar-refractivity contribution is 9.11. The largest absolute Gasteiger partial charge is 0.471 e.